The molecule has 1 N–H and O–H groups in total. The van der Waals surface area contributed by atoms with Gasteiger partial charge in [-0.05, 0) is 30.3 Å². The molecule has 0 aliphatic heterocycles. The summed E-state index contributed by atoms with van der Waals surface area (Å²) in [5.41, 5.74) is 2.45. The maximum atomic E-state index is 13.5. The van der Waals surface area contributed by atoms with Crippen molar-refractivity contribution in [1.82, 2.24) is 15.0 Å². The van der Waals surface area contributed by atoms with Crippen LogP contribution in [0.3, 0.4) is 0 Å². The molecule has 0 bridgehead atoms. The Balaban J connectivity index is 1.68. The summed E-state index contributed by atoms with van der Waals surface area (Å²) in [5.74, 6) is -0.197. The summed E-state index contributed by atoms with van der Waals surface area (Å²) < 4.78 is 13.5. The van der Waals surface area contributed by atoms with E-state index in [2.05, 4.69) is 15.5 Å². The van der Waals surface area contributed by atoms with Gasteiger partial charge in [-0.2, -0.15) is 15.0 Å². The van der Waals surface area contributed by atoms with Crippen molar-refractivity contribution >= 4 is 5.69 Å². The third-order valence-corrected chi connectivity index (χ3v) is 2.96. The molecule has 2 aromatic carbocycles. The zero-order valence-electron chi connectivity index (χ0n) is 10.7. The second-order valence-electron chi connectivity index (χ2n) is 4.31. The summed E-state index contributed by atoms with van der Waals surface area (Å²) in [6, 6.07) is 14.4. The zero-order chi connectivity index (χ0) is 13.8. The minimum Gasteiger partial charge on any atom is -0.381 e. The fourth-order valence-corrected chi connectivity index (χ4v) is 1.90. The Labute approximate surface area is 115 Å². The number of anilines is 1. The first kappa shape index (κ1) is 12.3. The van der Waals surface area contributed by atoms with Crippen LogP contribution in [0.15, 0.2) is 60.9 Å². The molecule has 4 nitrogen and oxygen atoms in total. The van der Waals surface area contributed by atoms with Crippen LogP contribution in [0.4, 0.5) is 10.1 Å². The molecule has 1 aromatic heterocycles. The molecule has 0 spiro atoms. The number of benzene rings is 2. The minimum absolute atomic E-state index is 0.197. The Bertz CT molecular complexity index is 677. The van der Waals surface area contributed by atoms with Gasteiger partial charge in [0.15, 0.2) is 0 Å². The van der Waals surface area contributed by atoms with Gasteiger partial charge in [0.2, 0.25) is 0 Å². The summed E-state index contributed by atoms with van der Waals surface area (Å²) in [4.78, 5) is 1.54. The lowest BCUT2D eigenvalue weighted by Gasteiger charge is -2.08. The van der Waals surface area contributed by atoms with Crippen LogP contribution in [0.1, 0.15) is 5.56 Å². The van der Waals surface area contributed by atoms with Gasteiger partial charge in [-0.3, -0.25) is 0 Å². The van der Waals surface area contributed by atoms with Gasteiger partial charge in [0, 0.05) is 17.8 Å². The Morgan fingerprint density at radius 1 is 0.950 bits per heavy atom. The summed E-state index contributed by atoms with van der Waals surface area (Å²) in [5, 5.41) is 11.3. The maximum absolute atomic E-state index is 13.5. The number of nitrogens with zero attached hydrogens (tertiary/aromatic N) is 3. The van der Waals surface area contributed by atoms with Crippen LogP contribution in [-0.4, -0.2) is 15.0 Å². The van der Waals surface area contributed by atoms with Gasteiger partial charge in [0.05, 0.1) is 18.1 Å². The highest BCUT2D eigenvalue weighted by atomic mass is 19.1. The largest absolute Gasteiger partial charge is 0.381 e. The Morgan fingerprint density at radius 2 is 1.65 bits per heavy atom. The van der Waals surface area contributed by atoms with Crippen LogP contribution in [0, 0.1) is 5.82 Å². The van der Waals surface area contributed by atoms with E-state index in [1.54, 1.807) is 29.3 Å². The standard InChI is InChI=1S/C15H13FN4/c16-15-4-2-1-3-12(15)11-17-13-5-7-14(8-6-13)20-18-9-10-19-20/h1-10,17H,11H2. The number of halogens is 1. The molecular formula is C15H13FN4. The second-order valence-corrected chi connectivity index (χ2v) is 4.31. The third-order valence-electron chi connectivity index (χ3n) is 2.96. The van der Waals surface area contributed by atoms with Crippen molar-refractivity contribution in [3.63, 3.8) is 0 Å². The summed E-state index contributed by atoms with van der Waals surface area (Å²) in [6.45, 7) is 0.450. The van der Waals surface area contributed by atoms with E-state index in [9.17, 15) is 4.39 Å². The van der Waals surface area contributed by atoms with E-state index in [0.29, 0.717) is 12.1 Å². The first-order valence-electron chi connectivity index (χ1n) is 6.27. The lowest BCUT2D eigenvalue weighted by Crippen LogP contribution is -2.02. The highest BCUT2D eigenvalue weighted by Gasteiger charge is 2.01. The van der Waals surface area contributed by atoms with Gasteiger partial charge in [-0.15, -0.1) is 0 Å². The average molecular weight is 268 g/mol. The Morgan fingerprint density at radius 3 is 2.35 bits per heavy atom. The van der Waals surface area contributed by atoms with E-state index >= 15 is 0 Å². The van der Waals surface area contributed by atoms with Gasteiger partial charge < -0.3 is 5.32 Å². The molecule has 100 valence electrons. The topological polar surface area (TPSA) is 42.7 Å². The zero-order valence-corrected chi connectivity index (χ0v) is 10.7. The first-order chi connectivity index (χ1) is 9.83. The van der Waals surface area contributed by atoms with Gasteiger partial charge >= 0.3 is 0 Å². The van der Waals surface area contributed by atoms with Crippen LogP contribution in [0.5, 0.6) is 0 Å². The van der Waals surface area contributed by atoms with Crippen LogP contribution in [0.25, 0.3) is 5.69 Å². The smallest absolute Gasteiger partial charge is 0.128 e. The van der Waals surface area contributed by atoms with Crippen molar-refractivity contribution < 1.29 is 4.39 Å². The van der Waals surface area contributed by atoms with E-state index in [0.717, 1.165) is 11.4 Å². The second kappa shape index (κ2) is 5.52. The van der Waals surface area contributed by atoms with Crippen molar-refractivity contribution in [1.29, 1.82) is 0 Å². The summed E-state index contributed by atoms with van der Waals surface area (Å²) in [7, 11) is 0. The van der Waals surface area contributed by atoms with Crippen LogP contribution >= 0.6 is 0 Å². The van der Waals surface area contributed by atoms with E-state index in [-0.39, 0.29) is 5.82 Å². The van der Waals surface area contributed by atoms with Crippen LogP contribution < -0.4 is 5.32 Å². The molecule has 0 aliphatic carbocycles. The van der Waals surface area contributed by atoms with E-state index < -0.39 is 0 Å². The lowest BCUT2D eigenvalue weighted by molar-refractivity contribution is 0.613. The van der Waals surface area contributed by atoms with E-state index in [1.165, 1.54) is 6.07 Å². The molecule has 0 unspecified atom stereocenters. The SMILES string of the molecule is Fc1ccccc1CNc1ccc(-n2nccn2)cc1. The van der Waals surface area contributed by atoms with Gasteiger partial charge in [-0.25, -0.2) is 4.39 Å². The van der Waals surface area contributed by atoms with Gasteiger partial charge in [0.1, 0.15) is 5.82 Å². The number of aromatic nitrogens is 3. The van der Waals surface area contributed by atoms with Gasteiger partial charge in [0.25, 0.3) is 0 Å². The highest BCUT2D eigenvalue weighted by Crippen LogP contribution is 2.14. The summed E-state index contributed by atoms with van der Waals surface area (Å²) in [6.07, 6.45) is 3.26. The highest BCUT2D eigenvalue weighted by molar-refractivity contribution is 5.48. The number of nitrogens with one attached hydrogen (secondary N) is 1. The average Bonchev–Trinajstić information content (AvgIpc) is 3.01. The lowest BCUT2D eigenvalue weighted by atomic mass is 10.2. The Kier molecular flexibility index (Phi) is 3.41. The number of hydrogen-bond acceptors (Lipinski definition) is 3. The predicted molar refractivity (Wildman–Crippen MR) is 75.1 cm³/mol. The molecule has 0 radical (unpaired) electrons. The number of hydrogen-bond donors (Lipinski definition) is 1. The molecule has 1 heterocycles. The van der Waals surface area contributed by atoms with Crippen LogP contribution in [0.2, 0.25) is 0 Å². The fraction of sp³-hybridized carbons (Fsp3) is 0.0667. The molecule has 0 fully saturated rings. The number of rotatable bonds is 4. The normalized spacial score (nSPS) is 10.4. The molecule has 5 heteroatoms. The van der Waals surface area contributed by atoms with Crippen molar-refractivity contribution in [3.05, 3.63) is 72.3 Å². The van der Waals surface area contributed by atoms with E-state index in [4.69, 9.17) is 0 Å². The summed E-state index contributed by atoms with van der Waals surface area (Å²) >= 11 is 0. The molecule has 0 saturated carbocycles. The molecule has 3 aromatic rings. The van der Waals surface area contributed by atoms with Crippen LogP contribution in [-0.2, 0) is 6.54 Å². The van der Waals surface area contributed by atoms with Gasteiger partial charge in [-0.1, -0.05) is 18.2 Å². The van der Waals surface area contributed by atoms with E-state index in [1.807, 2.05) is 30.3 Å². The minimum atomic E-state index is -0.197. The van der Waals surface area contributed by atoms with Crippen molar-refractivity contribution in [2.75, 3.05) is 5.32 Å². The Hall–Kier alpha value is -2.69. The van der Waals surface area contributed by atoms with Crippen molar-refractivity contribution in [3.8, 4) is 5.69 Å². The third kappa shape index (κ3) is 2.66. The van der Waals surface area contributed by atoms with Crippen molar-refractivity contribution in [2.45, 2.75) is 6.54 Å². The molecule has 20 heavy (non-hydrogen) atoms. The first-order valence-corrected chi connectivity index (χ1v) is 6.27. The molecule has 0 aliphatic rings. The molecule has 0 amide bonds. The predicted octanol–water partition coefficient (Wildman–Crippen LogP) is 3.02. The molecule has 0 saturated heterocycles. The molecule has 3 rings (SSSR count). The quantitative estimate of drug-likeness (QED) is 0.791. The van der Waals surface area contributed by atoms with Crippen molar-refractivity contribution in [2.24, 2.45) is 0 Å². The maximum Gasteiger partial charge on any atom is 0.128 e. The monoisotopic (exact) mass is 268 g/mol. The molecule has 0 atom stereocenters. The molecular weight excluding hydrogens is 255 g/mol. The fourth-order valence-electron chi connectivity index (χ4n) is 1.90.